The Morgan fingerprint density at radius 2 is 2.10 bits per heavy atom. The average Bonchev–Trinajstić information content (AvgIpc) is 3.40. The molecule has 154 valence electrons. The van der Waals surface area contributed by atoms with Crippen LogP contribution in [0.25, 0.3) is 16.6 Å². The second-order valence-corrected chi connectivity index (χ2v) is 7.46. The number of anilines is 1. The summed E-state index contributed by atoms with van der Waals surface area (Å²) < 4.78 is 12.9. The van der Waals surface area contributed by atoms with Crippen LogP contribution in [0.3, 0.4) is 0 Å². The van der Waals surface area contributed by atoms with Crippen molar-refractivity contribution in [2.45, 2.75) is 12.2 Å². The van der Waals surface area contributed by atoms with Gasteiger partial charge in [-0.05, 0) is 18.2 Å². The Kier molecular flexibility index (Phi) is 4.96. The summed E-state index contributed by atoms with van der Waals surface area (Å²) in [5.74, 6) is 1.48. The van der Waals surface area contributed by atoms with Crippen LogP contribution >= 0.6 is 0 Å². The Morgan fingerprint density at radius 3 is 2.80 bits per heavy atom. The average molecular weight is 406 g/mol. The van der Waals surface area contributed by atoms with E-state index < -0.39 is 12.2 Å². The predicted molar refractivity (Wildman–Crippen MR) is 109 cm³/mol. The molecular formula is C21H22N6O3. The van der Waals surface area contributed by atoms with E-state index in [0.29, 0.717) is 23.4 Å². The minimum Gasteiger partial charge on any atom is -0.484 e. The Labute approximate surface area is 173 Å². The van der Waals surface area contributed by atoms with Crippen LogP contribution < -0.4 is 15.0 Å². The lowest BCUT2D eigenvalue weighted by molar-refractivity contribution is 0.0730. The SMILES string of the molecule is N#Cc1cnn2cc(OC3COC[C@@H]3O)cc(-c3ccc(N4CCNCC4)nc3)c12. The number of hydrogen-bond acceptors (Lipinski definition) is 8. The van der Waals surface area contributed by atoms with E-state index in [4.69, 9.17) is 9.47 Å². The molecule has 2 aliphatic rings. The molecule has 0 saturated carbocycles. The van der Waals surface area contributed by atoms with Gasteiger partial charge >= 0.3 is 0 Å². The van der Waals surface area contributed by atoms with E-state index in [1.165, 1.54) is 0 Å². The van der Waals surface area contributed by atoms with Crippen molar-refractivity contribution in [1.82, 2.24) is 19.9 Å². The molecule has 30 heavy (non-hydrogen) atoms. The lowest BCUT2D eigenvalue weighted by atomic mass is 10.1. The Bertz CT molecular complexity index is 1080. The van der Waals surface area contributed by atoms with Crippen molar-refractivity contribution in [1.29, 1.82) is 5.26 Å². The number of rotatable bonds is 4. The monoisotopic (exact) mass is 406 g/mol. The van der Waals surface area contributed by atoms with Gasteiger partial charge in [0.1, 0.15) is 29.8 Å². The maximum atomic E-state index is 10.0. The Hall–Kier alpha value is -3.19. The lowest BCUT2D eigenvalue weighted by Gasteiger charge is -2.28. The van der Waals surface area contributed by atoms with E-state index >= 15 is 0 Å². The molecule has 0 bridgehead atoms. The van der Waals surface area contributed by atoms with Crippen molar-refractivity contribution in [2.24, 2.45) is 0 Å². The number of aliphatic hydroxyl groups is 1. The highest BCUT2D eigenvalue weighted by Gasteiger charge is 2.28. The van der Waals surface area contributed by atoms with Crippen LogP contribution in [-0.4, -0.2) is 71.3 Å². The van der Waals surface area contributed by atoms with E-state index in [2.05, 4.69) is 26.4 Å². The molecule has 0 aromatic carbocycles. The van der Waals surface area contributed by atoms with Gasteiger partial charge in [-0.3, -0.25) is 0 Å². The fourth-order valence-electron chi connectivity index (χ4n) is 3.90. The summed E-state index contributed by atoms with van der Waals surface area (Å²) in [7, 11) is 0. The number of aromatic nitrogens is 3. The molecule has 2 aliphatic heterocycles. The minimum atomic E-state index is -0.670. The van der Waals surface area contributed by atoms with Crippen molar-refractivity contribution in [3.05, 3.63) is 42.4 Å². The maximum Gasteiger partial charge on any atom is 0.150 e. The zero-order valence-electron chi connectivity index (χ0n) is 16.4. The van der Waals surface area contributed by atoms with Crippen LogP contribution in [-0.2, 0) is 4.74 Å². The van der Waals surface area contributed by atoms with E-state index in [-0.39, 0.29) is 6.61 Å². The number of fused-ring (bicyclic) bond motifs is 1. The number of pyridine rings is 2. The second kappa shape index (κ2) is 7.91. The van der Waals surface area contributed by atoms with Gasteiger partial charge < -0.3 is 24.8 Å². The maximum absolute atomic E-state index is 10.0. The van der Waals surface area contributed by atoms with Crippen LogP contribution in [0.2, 0.25) is 0 Å². The summed E-state index contributed by atoms with van der Waals surface area (Å²) in [6.07, 6.45) is 3.97. The summed E-state index contributed by atoms with van der Waals surface area (Å²) >= 11 is 0. The molecule has 0 aliphatic carbocycles. The number of hydrogen-bond donors (Lipinski definition) is 2. The molecule has 2 atom stereocenters. The third kappa shape index (κ3) is 3.45. The van der Waals surface area contributed by atoms with Gasteiger partial charge in [0.2, 0.25) is 0 Å². The third-order valence-corrected chi connectivity index (χ3v) is 5.49. The first-order chi connectivity index (χ1) is 14.7. The van der Waals surface area contributed by atoms with E-state index in [0.717, 1.165) is 43.1 Å². The number of nitrogens with zero attached hydrogens (tertiary/aromatic N) is 5. The van der Waals surface area contributed by atoms with E-state index in [1.54, 1.807) is 16.9 Å². The van der Waals surface area contributed by atoms with Crippen molar-refractivity contribution in [2.75, 3.05) is 44.3 Å². The van der Waals surface area contributed by atoms with Crippen LogP contribution in [0, 0.1) is 11.3 Å². The normalized spacial score (nSPS) is 21.7. The molecule has 2 saturated heterocycles. The fourth-order valence-corrected chi connectivity index (χ4v) is 3.90. The molecule has 5 rings (SSSR count). The molecule has 0 radical (unpaired) electrons. The molecule has 0 spiro atoms. The molecule has 9 heteroatoms. The topological polar surface area (TPSA) is 108 Å². The largest absolute Gasteiger partial charge is 0.484 e. The molecule has 2 N–H and O–H groups in total. The molecule has 3 aromatic rings. The number of nitriles is 1. The number of nitrogens with one attached hydrogen (secondary N) is 1. The molecule has 2 fully saturated rings. The van der Waals surface area contributed by atoms with E-state index in [9.17, 15) is 10.4 Å². The zero-order valence-corrected chi connectivity index (χ0v) is 16.4. The van der Waals surface area contributed by atoms with Gasteiger partial charge in [0, 0.05) is 43.5 Å². The summed E-state index contributed by atoms with van der Waals surface area (Å²) in [4.78, 5) is 6.90. The van der Waals surface area contributed by atoms with Crippen molar-refractivity contribution >= 4 is 11.3 Å². The van der Waals surface area contributed by atoms with Gasteiger partial charge in [0.25, 0.3) is 0 Å². The quantitative estimate of drug-likeness (QED) is 0.656. The summed E-state index contributed by atoms with van der Waals surface area (Å²) in [5, 5.41) is 27.2. The first-order valence-corrected chi connectivity index (χ1v) is 9.99. The van der Waals surface area contributed by atoms with Crippen molar-refractivity contribution in [3.8, 4) is 22.9 Å². The van der Waals surface area contributed by atoms with Crippen LogP contribution in [0.15, 0.2) is 36.8 Å². The van der Waals surface area contributed by atoms with Gasteiger partial charge in [0.15, 0.2) is 0 Å². The van der Waals surface area contributed by atoms with Crippen LogP contribution in [0.4, 0.5) is 5.82 Å². The van der Waals surface area contributed by atoms with Crippen LogP contribution in [0.5, 0.6) is 5.75 Å². The molecule has 0 amide bonds. The van der Waals surface area contributed by atoms with Gasteiger partial charge in [-0.2, -0.15) is 10.4 Å². The number of aliphatic hydroxyl groups excluding tert-OH is 1. The minimum absolute atomic E-state index is 0.261. The molecule has 3 aromatic heterocycles. The first kappa shape index (κ1) is 18.8. The third-order valence-electron chi connectivity index (χ3n) is 5.49. The molecule has 9 nitrogen and oxygen atoms in total. The molecule has 5 heterocycles. The van der Waals surface area contributed by atoms with Crippen molar-refractivity contribution < 1.29 is 14.6 Å². The highest BCUT2D eigenvalue weighted by Crippen LogP contribution is 2.32. The first-order valence-electron chi connectivity index (χ1n) is 9.99. The number of ether oxygens (including phenoxy) is 2. The predicted octanol–water partition coefficient (Wildman–Crippen LogP) is 0.816. The lowest BCUT2D eigenvalue weighted by Crippen LogP contribution is -2.43. The molecular weight excluding hydrogens is 384 g/mol. The van der Waals surface area contributed by atoms with Crippen molar-refractivity contribution in [3.63, 3.8) is 0 Å². The number of piperazine rings is 1. The van der Waals surface area contributed by atoms with Gasteiger partial charge in [-0.25, -0.2) is 9.50 Å². The summed E-state index contributed by atoms with van der Waals surface area (Å²) in [5.41, 5.74) is 2.84. The highest BCUT2D eigenvalue weighted by atomic mass is 16.6. The summed E-state index contributed by atoms with van der Waals surface area (Å²) in [6.45, 7) is 4.33. The zero-order chi connectivity index (χ0) is 20.5. The Morgan fingerprint density at radius 1 is 1.23 bits per heavy atom. The van der Waals surface area contributed by atoms with Crippen LogP contribution in [0.1, 0.15) is 5.56 Å². The summed E-state index contributed by atoms with van der Waals surface area (Å²) in [6, 6.07) is 8.08. The van der Waals surface area contributed by atoms with Gasteiger partial charge in [0.05, 0.1) is 36.7 Å². The fraction of sp³-hybridized carbons (Fsp3) is 0.381. The van der Waals surface area contributed by atoms with E-state index in [1.807, 2.05) is 24.4 Å². The highest BCUT2D eigenvalue weighted by molar-refractivity contribution is 5.85. The molecule has 1 unspecified atom stereocenters. The standard InChI is InChI=1S/C21H22N6O3/c22-8-15-10-25-27-11-16(30-19-13-29-12-18(19)28)7-17(21(15)27)14-1-2-20(24-9-14)26-5-3-23-4-6-26/h1-2,7,9-11,18-19,23,28H,3-6,12-13H2/t18-,19?/m0/s1. The van der Waals surface area contributed by atoms with Gasteiger partial charge in [-0.15, -0.1) is 0 Å². The van der Waals surface area contributed by atoms with Gasteiger partial charge in [-0.1, -0.05) is 0 Å². The smallest absolute Gasteiger partial charge is 0.150 e. The Balaban J connectivity index is 1.53. The second-order valence-electron chi connectivity index (χ2n) is 7.46.